The highest BCUT2D eigenvalue weighted by Crippen LogP contribution is 2.27. The standard InChI is InChI=1S/C84H159NO10/c1-4-7-10-13-16-19-22-25-27-29-31-33-35-37-39-41-43-45-47-49-51-54-57-60-63-66-69-72-79(89)95-82-81(91)80(90)78(73-86)94-84(82)93-74-75(76(87)70-67-64-61-58-55-52-24-21-18-15-12-9-6-3)85-83(92)77(88)71-68-65-62-59-56-53-50-48-46-44-42-40-38-36-34-32-30-28-26-23-20-17-14-11-8-5-2/h16,19,25,27,67,70,75-78,80-82,84,86-88,90-91H,4-15,17-18,20-24,26,28-66,68-69,71-74H2,1-3H3,(H,85,92)/b19-16-,27-25-,70-67+. The van der Waals surface area contributed by atoms with Crippen LogP contribution in [0.15, 0.2) is 36.5 Å². The summed E-state index contributed by atoms with van der Waals surface area (Å²) in [7, 11) is 0. The molecule has 0 saturated carbocycles. The fourth-order valence-corrected chi connectivity index (χ4v) is 13.5. The van der Waals surface area contributed by atoms with Gasteiger partial charge in [-0.3, -0.25) is 9.59 Å². The number of amides is 1. The second-order valence-electron chi connectivity index (χ2n) is 29.2. The van der Waals surface area contributed by atoms with Gasteiger partial charge < -0.3 is 45.1 Å². The minimum Gasteiger partial charge on any atom is -0.454 e. The summed E-state index contributed by atoms with van der Waals surface area (Å²) in [4.78, 5) is 26.8. The summed E-state index contributed by atoms with van der Waals surface area (Å²) in [6, 6.07) is -1.02. The third-order valence-corrected chi connectivity index (χ3v) is 20.0. The molecule has 0 aromatic rings. The highest BCUT2D eigenvalue weighted by Gasteiger charge is 2.47. The number of esters is 1. The molecular formula is C84H159NO10. The van der Waals surface area contributed by atoms with Gasteiger partial charge in [-0.2, -0.15) is 0 Å². The van der Waals surface area contributed by atoms with Crippen molar-refractivity contribution < 1.29 is 49.3 Å². The number of hydrogen-bond acceptors (Lipinski definition) is 10. The van der Waals surface area contributed by atoms with E-state index < -0.39 is 67.4 Å². The van der Waals surface area contributed by atoms with Gasteiger partial charge in [-0.15, -0.1) is 0 Å². The Balaban J connectivity index is 2.47. The van der Waals surface area contributed by atoms with Crippen LogP contribution in [0.5, 0.6) is 0 Å². The molecular weight excluding hydrogens is 1180 g/mol. The molecule has 0 spiro atoms. The molecule has 1 rings (SSSR count). The van der Waals surface area contributed by atoms with E-state index in [9.17, 15) is 35.1 Å². The van der Waals surface area contributed by atoms with E-state index in [0.29, 0.717) is 19.3 Å². The molecule has 0 radical (unpaired) electrons. The Bertz CT molecular complexity index is 1690. The Labute approximate surface area is 587 Å². The SMILES string of the molecule is CCCCC/C=C\C/C=C\CCCCCCCCCCCCCCCCCCCC(=O)OC1C(OCC(NC(=O)C(O)CCCCCCCCCCCCCCCCCCCCCCCCCCCC)C(O)/C=C/CCCCCCCCCCCCC)OC(CO)C(O)C1O. The number of unbranched alkanes of at least 4 members (excludes halogenated alkanes) is 56. The first-order valence-electron chi connectivity index (χ1n) is 41.8. The lowest BCUT2D eigenvalue weighted by Crippen LogP contribution is -2.61. The van der Waals surface area contributed by atoms with E-state index >= 15 is 0 Å². The molecule has 11 heteroatoms. The van der Waals surface area contributed by atoms with Gasteiger partial charge >= 0.3 is 5.97 Å². The second-order valence-corrected chi connectivity index (χ2v) is 29.2. The Morgan fingerprint density at radius 3 is 1.09 bits per heavy atom. The highest BCUT2D eigenvalue weighted by molar-refractivity contribution is 5.80. The van der Waals surface area contributed by atoms with Gasteiger partial charge in [0.1, 0.15) is 24.4 Å². The summed E-state index contributed by atoms with van der Waals surface area (Å²) in [5, 5.41) is 57.5. The average Bonchev–Trinajstić information content (AvgIpc) is 0.823. The van der Waals surface area contributed by atoms with Gasteiger partial charge in [0.2, 0.25) is 5.91 Å². The molecule has 8 atom stereocenters. The summed E-state index contributed by atoms with van der Waals surface area (Å²) in [6.45, 7) is 5.86. The molecule has 0 aliphatic carbocycles. The number of allylic oxidation sites excluding steroid dienone is 5. The summed E-state index contributed by atoms with van der Waals surface area (Å²) in [5.41, 5.74) is 0. The highest BCUT2D eigenvalue weighted by atomic mass is 16.7. The van der Waals surface area contributed by atoms with Crippen LogP contribution in [0.25, 0.3) is 0 Å². The van der Waals surface area contributed by atoms with Gasteiger partial charge in [-0.05, 0) is 57.8 Å². The van der Waals surface area contributed by atoms with Crippen LogP contribution in [0.3, 0.4) is 0 Å². The van der Waals surface area contributed by atoms with Crippen LogP contribution in [0.1, 0.15) is 425 Å². The van der Waals surface area contributed by atoms with Crippen molar-refractivity contribution in [1.29, 1.82) is 0 Å². The number of nitrogens with one attached hydrogen (secondary N) is 1. The largest absolute Gasteiger partial charge is 0.454 e. The number of hydrogen-bond donors (Lipinski definition) is 6. The summed E-state index contributed by atoms with van der Waals surface area (Å²) in [5.74, 6) is -1.17. The molecule has 8 unspecified atom stereocenters. The van der Waals surface area contributed by atoms with Crippen molar-refractivity contribution in [2.75, 3.05) is 13.2 Å². The monoisotopic (exact) mass is 1340 g/mol. The third-order valence-electron chi connectivity index (χ3n) is 20.0. The lowest BCUT2D eigenvalue weighted by Gasteiger charge is -2.41. The molecule has 1 aliphatic rings. The van der Waals surface area contributed by atoms with Crippen LogP contribution < -0.4 is 5.32 Å². The Hall–Kier alpha value is -2.12. The Morgan fingerprint density at radius 1 is 0.411 bits per heavy atom. The second kappa shape index (κ2) is 71.7. The van der Waals surface area contributed by atoms with Crippen molar-refractivity contribution in [3.05, 3.63) is 36.5 Å². The maximum atomic E-state index is 13.6. The lowest BCUT2D eigenvalue weighted by atomic mass is 9.99. The zero-order chi connectivity index (χ0) is 68.8. The van der Waals surface area contributed by atoms with Crippen molar-refractivity contribution in [3.63, 3.8) is 0 Å². The number of aliphatic hydroxyl groups is 5. The molecule has 1 saturated heterocycles. The number of ether oxygens (including phenoxy) is 3. The van der Waals surface area contributed by atoms with Crippen molar-refractivity contribution in [2.45, 2.75) is 474 Å². The fourth-order valence-electron chi connectivity index (χ4n) is 13.5. The molecule has 6 N–H and O–H groups in total. The molecule has 1 fully saturated rings. The first-order chi connectivity index (χ1) is 46.7. The molecule has 0 bridgehead atoms. The maximum absolute atomic E-state index is 13.6. The smallest absolute Gasteiger partial charge is 0.306 e. The first kappa shape index (κ1) is 90.9. The van der Waals surface area contributed by atoms with Gasteiger partial charge in [0.25, 0.3) is 0 Å². The normalized spacial score (nSPS) is 17.8. The van der Waals surface area contributed by atoms with Gasteiger partial charge in [0, 0.05) is 6.42 Å². The van der Waals surface area contributed by atoms with Crippen LogP contribution >= 0.6 is 0 Å². The van der Waals surface area contributed by atoms with E-state index in [0.717, 1.165) is 64.2 Å². The number of carbonyl (C=O) groups is 2. The van der Waals surface area contributed by atoms with Crippen LogP contribution in [0.2, 0.25) is 0 Å². The van der Waals surface area contributed by atoms with E-state index in [4.69, 9.17) is 14.2 Å². The molecule has 560 valence electrons. The topological polar surface area (TPSA) is 175 Å². The number of carbonyl (C=O) groups excluding carboxylic acids is 2. The summed E-state index contributed by atoms with van der Waals surface area (Å²) >= 11 is 0. The van der Waals surface area contributed by atoms with Crippen molar-refractivity contribution >= 4 is 11.9 Å². The minimum absolute atomic E-state index is 0.128. The van der Waals surface area contributed by atoms with Crippen molar-refractivity contribution in [2.24, 2.45) is 0 Å². The molecule has 0 aromatic carbocycles. The number of rotatable bonds is 74. The molecule has 95 heavy (non-hydrogen) atoms. The van der Waals surface area contributed by atoms with E-state index in [1.54, 1.807) is 6.08 Å². The van der Waals surface area contributed by atoms with Crippen LogP contribution in [0.4, 0.5) is 0 Å². The first-order valence-corrected chi connectivity index (χ1v) is 41.8. The zero-order valence-corrected chi connectivity index (χ0v) is 62.8. The predicted molar refractivity (Wildman–Crippen MR) is 403 cm³/mol. The van der Waals surface area contributed by atoms with Gasteiger partial charge in [0.05, 0.1) is 25.4 Å². The minimum atomic E-state index is -1.61. The van der Waals surface area contributed by atoms with Crippen molar-refractivity contribution in [1.82, 2.24) is 5.32 Å². The molecule has 1 aliphatic heterocycles. The van der Waals surface area contributed by atoms with E-state index in [-0.39, 0.29) is 13.0 Å². The lowest BCUT2D eigenvalue weighted by molar-refractivity contribution is -0.305. The van der Waals surface area contributed by atoms with Crippen molar-refractivity contribution in [3.8, 4) is 0 Å². The van der Waals surface area contributed by atoms with Gasteiger partial charge in [-0.1, -0.05) is 398 Å². The van der Waals surface area contributed by atoms with Crippen LogP contribution in [-0.4, -0.2) is 99.6 Å². The van der Waals surface area contributed by atoms with E-state index in [1.807, 2.05) is 6.08 Å². The molecule has 1 heterocycles. The Morgan fingerprint density at radius 2 is 0.726 bits per heavy atom. The zero-order valence-electron chi connectivity index (χ0n) is 62.8. The maximum Gasteiger partial charge on any atom is 0.306 e. The summed E-state index contributed by atoms with van der Waals surface area (Å²) < 4.78 is 17.8. The van der Waals surface area contributed by atoms with E-state index in [1.165, 1.54) is 315 Å². The van der Waals surface area contributed by atoms with Crippen LogP contribution in [0, 0.1) is 0 Å². The fraction of sp³-hybridized carbons (Fsp3) is 0.905. The number of aliphatic hydroxyl groups excluding tert-OH is 5. The quantitative estimate of drug-likeness (QED) is 0.0195. The molecule has 0 aromatic heterocycles. The predicted octanol–water partition coefficient (Wildman–Crippen LogP) is 22.9. The average molecular weight is 1340 g/mol. The molecule has 11 nitrogen and oxygen atoms in total. The van der Waals surface area contributed by atoms with Crippen LogP contribution in [-0.2, 0) is 23.8 Å². The Kier molecular flexibility index (Phi) is 68.6. The summed E-state index contributed by atoms with van der Waals surface area (Å²) in [6.07, 6.45) is 80.7. The molecule has 1 amide bonds. The van der Waals surface area contributed by atoms with E-state index in [2.05, 4.69) is 50.4 Å². The van der Waals surface area contributed by atoms with Gasteiger partial charge in [-0.25, -0.2) is 0 Å². The third kappa shape index (κ3) is 58.3. The van der Waals surface area contributed by atoms with Gasteiger partial charge in [0.15, 0.2) is 12.4 Å².